The van der Waals surface area contributed by atoms with Crippen LogP contribution in [0.3, 0.4) is 0 Å². The summed E-state index contributed by atoms with van der Waals surface area (Å²) in [5.74, 6) is 0. The summed E-state index contributed by atoms with van der Waals surface area (Å²) < 4.78 is 0. The highest BCUT2D eigenvalue weighted by Gasteiger charge is 2.30. The minimum Gasteiger partial charge on any atom is -0.315 e. The van der Waals surface area contributed by atoms with E-state index in [1.807, 2.05) is 0 Å². The van der Waals surface area contributed by atoms with E-state index in [2.05, 4.69) is 29.0 Å². The Kier molecular flexibility index (Phi) is 6.62. The summed E-state index contributed by atoms with van der Waals surface area (Å²) in [4.78, 5) is 5.44. The standard InChI is InChI=1S/C16H33N3/c1-3-4-9-17-13-15(2)19-12-8-16(14-19)18-10-6-5-7-11-18/h15-17H,3-14H2,1-2H3. The van der Waals surface area contributed by atoms with E-state index in [1.54, 1.807) is 0 Å². The van der Waals surface area contributed by atoms with E-state index >= 15 is 0 Å². The molecule has 0 spiro atoms. The highest BCUT2D eigenvalue weighted by Crippen LogP contribution is 2.21. The largest absolute Gasteiger partial charge is 0.315 e. The minimum atomic E-state index is 0.701. The average Bonchev–Trinajstić information content (AvgIpc) is 2.94. The Morgan fingerprint density at radius 1 is 1.16 bits per heavy atom. The van der Waals surface area contributed by atoms with Crippen molar-refractivity contribution >= 4 is 0 Å². The molecule has 0 radical (unpaired) electrons. The smallest absolute Gasteiger partial charge is 0.0235 e. The van der Waals surface area contributed by atoms with Crippen LogP contribution in [0.15, 0.2) is 0 Å². The molecule has 2 atom stereocenters. The van der Waals surface area contributed by atoms with Gasteiger partial charge in [-0.2, -0.15) is 0 Å². The Morgan fingerprint density at radius 3 is 2.68 bits per heavy atom. The van der Waals surface area contributed by atoms with E-state index in [4.69, 9.17) is 0 Å². The predicted molar refractivity (Wildman–Crippen MR) is 82.6 cm³/mol. The molecule has 2 heterocycles. The Bertz CT molecular complexity index is 238. The molecule has 0 aromatic heterocycles. The topological polar surface area (TPSA) is 18.5 Å². The molecular weight excluding hydrogens is 234 g/mol. The molecule has 2 rings (SSSR count). The fourth-order valence-electron chi connectivity index (χ4n) is 3.49. The molecule has 2 aliphatic heterocycles. The first-order valence-electron chi connectivity index (χ1n) is 8.50. The molecule has 0 aliphatic carbocycles. The molecule has 0 bridgehead atoms. The molecule has 0 amide bonds. The van der Waals surface area contributed by atoms with E-state index in [9.17, 15) is 0 Å². The lowest BCUT2D eigenvalue weighted by molar-refractivity contribution is 0.153. The number of nitrogens with zero attached hydrogens (tertiary/aromatic N) is 2. The first-order chi connectivity index (χ1) is 9.31. The first kappa shape index (κ1) is 15.3. The Morgan fingerprint density at radius 2 is 1.95 bits per heavy atom. The van der Waals surface area contributed by atoms with E-state index < -0.39 is 0 Å². The molecule has 3 nitrogen and oxygen atoms in total. The maximum absolute atomic E-state index is 3.60. The number of unbranched alkanes of at least 4 members (excludes halogenated alkanes) is 1. The van der Waals surface area contributed by atoms with Crippen molar-refractivity contribution in [1.29, 1.82) is 0 Å². The summed E-state index contributed by atoms with van der Waals surface area (Å²) in [5, 5.41) is 3.60. The summed E-state index contributed by atoms with van der Waals surface area (Å²) in [6, 6.07) is 1.55. The van der Waals surface area contributed by atoms with Gasteiger partial charge in [0, 0.05) is 31.7 Å². The van der Waals surface area contributed by atoms with Crippen molar-refractivity contribution in [3.63, 3.8) is 0 Å². The zero-order valence-electron chi connectivity index (χ0n) is 13.0. The molecule has 0 aromatic rings. The molecule has 2 fully saturated rings. The van der Waals surface area contributed by atoms with Crippen LogP contribution in [-0.2, 0) is 0 Å². The molecule has 19 heavy (non-hydrogen) atoms. The van der Waals surface area contributed by atoms with Crippen molar-refractivity contribution in [2.24, 2.45) is 0 Å². The maximum atomic E-state index is 3.60. The van der Waals surface area contributed by atoms with Gasteiger partial charge in [0.05, 0.1) is 0 Å². The maximum Gasteiger partial charge on any atom is 0.0235 e. The predicted octanol–water partition coefficient (Wildman–Crippen LogP) is 2.32. The summed E-state index contributed by atoms with van der Waals surface area (Å²) in [5.41, 5.74) is 0. The Hall–Kier alpha value is -0.120. The van der Waals surface area contributed by atoms with Crippen molar-refractivity contribution in [3.8, 4) is 0 Å². The number of nitrogens with one attached hydrogen (secondary N) is 1. The lowest BCUT2D eigenvalue weighted by atomic mass is 10.1. The van der Waals surface area contributed by atoms with Gasteiger partial charge in [0.1, 0.15) is 0 Å². The van der Waals surface area contributed by atoms with Crippen LogP contribution in [0.4, 0.5) is 0 Å². The lowest BCUT2D eigenvalue weighted by Crippen LogP contribution is -2.44. The molecular formula is C16H33N3. The quantitative estimate of drug-likeness (QED) is 0.714. The van der Waals surface area contributed by atoms with Gasteiger partial charge in [-0.05, 0) is 52.2 Å². The zero-order valence-corrected chi connectivity index (χ0v) is 13.0. The van der Waals surface area contributed by atoms with Gasteiger partial charge in [0.25, 0.3) is 0 Å². The van der Waals surface area contributed by atoms with Crippen LogP contribution in [0.25, 0.3) is 0 Å². The number of likely N-dealkylation sites (tertiary alicyclic amines) is 2. The van der Waals surface area contributed by atoms with Crippen LogP contribution in [0.5, 0.6) is 0 Å². The van der Waals surface area contributed by atoms with Crippen molar-refractivity contribution in [3.05, 3.63) is 0 Å². The highest BCUT2D eigenvalue weighted by molar-refractivity contribution is 4.87. The van der Waals surface area contributed by atoms with Crippen LogP contribution in [-0.4, -0.2) is 61.2 Å². The second kappa shape index (κ2) is 8.23. The average molecular weight is 267 g/mol. The molecule has 2 saturated heterocycles. The van der Waals surface area contributed by atoms with E-state index in [0.29, 0.717) is 6.04 Å². The van der Waals surface area contributed by atoms with E-state index in [1.165, 1.54) is 71.2 Å². The van der Waals surface area contributed by atoms with Crippen LogP contribution in [0, 0.1) is 0 Å². The van der Waals surface area contributed by atoms with Crippen LogP contribution >= 0.6 is 0 Å². The Balaban J connectivity index is 1.65. The van der Waals surface area contributed by atoms with Gasteiger partial charge in [-0.1, -0.05) is 19.8 Å². The third-order valence-corrected chi connectivity index (χ3v) is 4.87. The molecule has 1 N–H and O–H groups in total. The van der Waals surface area contributed by atoms with E-state index in [-0.39, 0.29) is 0 Å². The molecule has 0 saturated carbocycles. The second-order valence-corrected chi connectivity index (χ2v) is 6.44. The van der Waals surface area contributed by atoms with Crippen LogP contribution < -0.4 is 5.32 Å². The van der Waals surface area contributed by atoms with Gasteiger partial charge in [-0.3, -0.25) is 9.80 Å². The summed E-state index contributed by atoms with van der Waals surface area (Å²) in [7, 11) is 0. The van der Waals surface area contributed by atoms with Gasteiger partial charge in [-0.25, -0.2) is 0 Å². The first-order valence-corrected chi connectivity index (χ1v) is 8.50. The van der Waals surface area contributed by atoms with Crippen LogP contribution in [0.2, 0.25) is 0 Å². The molecule has 2 aliphatic rings. The monoisotopic (exact) mass is 267 g/mol. The van der Waals surface area contributed by atoms with Crippen molar-refractivity contribution in [2.45, 2.75) is 64.5 Å². The third kappa shape index (κ3) is 4.73. The normalized spacial score (nSPS) is 27.8. The third-order valence-electron chi connectivity index (χ3n) is 4.87. The molecule has 2 unspecified atom stereocenters. The van der Waals surface area contributed by atoms with Crippen molar-refractivity contribution in [2.75, 3.05) is 39.3 Å². The van der Waals surface area contributed by atoms with Crippen molar-refractivity contribution < 1.29 is 0 Å². The fourth-order valence-corrected chi connectivity index (χ4v) is 3.49. The fraction of sp³-hybridized carbons (Fsp3) is 1.00. The molecule has 112 valence electrons. The molecule has 3 heteroatoms. The zero-order chi connectivity index (χ0) is 13.5. The number of hydrogen-bond donors (Lipinski definition) is 1. The van der Waals surface area contributed by atoms with E-state index in [0.717, 1.165) is 12.6 Å². The van der Waals surface area contributed by atoms with Crippen LogP contribution in [0.1, 0.15) is 52.4 Å². The van der Waals surface area contributed by atoms with Crippen molar-refractivity contribution in [1.82, 2.24) is 15.1 Å². The number of hydrogen-bond acceptors (Lipinski definition) is 3. The van der Waals surface area contributed by atoms with Gasteiger partial charge in [0.2, 0.25) is 0 Å². The number of rotatable bonds is 7. The number of piperidine rings is 1. The molecule has 0 aromatic carbocycles. The van der Waals surface area contributed by atoms with Gasteiger partial charge in [0.15, 0.2) is 0 Å². The highest BCUT2D eigenvalue weighted by atomic mass is 15.3. The van der Waals surface area contributed by atoms with Gasteiger partial charge < -0.3 is 5.32 Å². The SMILES string of the molecule is CCCCNCC(C)N1CCC(N2CCCCC2)C1. The summed E-state index contributed by atoms with van der Waals surface area (Å²) in [6.45, 7) is 12.3. The van der Waals surface area contributed by atoms with Gasteiger partial charge >= 0.3 is 0 Å². The second-order valence-electron chi connectivity index (χ2n) is 6.44. The van der Waals surface area contributed by atoms with Gasteiger partial charge in [-0.15, -0.1) is 0 Å². The summed E-state index contributed by atoms with van der Waals surface area (Å²) in [6.07, 6.45) is 8.28. The summed E-state index contributed by atoms with van der Waals surface area (Å²) >= 11 is 0. The minimum absolute atomic E-state index is 0.701. The lowest BCUT2D eigenvalue weighted by Gasteiger charge is -2.33. The Labute approximate surface area is 119 Å².